The Hall–Kier alpha value is -7.08. The summed E-state index contributed by atoms with van der Waals surface area (Å²) in [5, 5.41) is 2.47. The number of aryl methyl sites for hydroxylation is 1. The molecule has 2 heteroatoms. The fraction of sp³-hybridized carbons (Fsp3) is 0.0566. The number of hydrogen-bond donors (Lipinski definition) is 0. The lowest BCUT2D eigenvalue weighted by Crippen LogP contribution is -2.31. The fourth-order valence-corrected chi connectivity index (χ4v) is 9.60. The van der Waals surface area contributed by atoms with Gasteiger partial charge in [-0.25, -0.2) is 0 Å². The first kappa shape index (κ1) is 31.4. The number of rotatable bonds is 6. The second-order valence-corrected chi connectivity index (χ2v) is 14.6. The van der Waals surface area contributed by atoms with E-state index in [4.69, 9.17) is 0 Å². The van der Waals surface area contributed by atoms with Gasteiger partial charge >= 0.3 is 0 Å². The number of fused-ring (bicyclic) bond motifs is 7. The predicted molar refractivity (Wildman–Crippen MR) is 229 cm³/mol. The molecule has 0 aliphatic heterocycles. The SMILES string of the molecule is C1=C=C(N(c2ccccc2C2(c3ccccc3)c3ccccc3-c3ccccc32)c2cccc3c4ccccc4n(C4=Cc5ccccc5CC4)c23)C=CC=1. The third kappa shape index (κ3) is 4.64. The number of anilines is 2. The molecule has 8 aromatic rings. The van der Waals surface area contributed by atoms with Crippen molar-refractivity contribution in [1.29, 1.82) is 0 Å². The lowest BCUT2D eigenvalue weighted by atomic mass is 9.67. The largest absolute Gasteiger partial charge is 0.311 e. The van der Waals surface area contributed by atoms with Crippen LogP contribution >= 0.6 is 0 Å². The molecule has 0 saturated carbocycles. The summed E-state index contributed by atoms with van der Waals surface area (Å²) in [6.07, 6.45) is 10.5. The average molecular weight is 701 g/mol. The molecule has 0 fully saturated rings. The highest BCUT2D eigenvalue weighted by molar-refractivity contribution is 6.15. The van der Waals surface area contributed by atoms with Crippen molar-refractivity contribution in [3.63, 3.8) is 0 Å². The lowest BCUT2D eigenvalue weighted by Gasteiger charge is -2.38. The van der Waals surface area contributed by atoms with Crippen LogP contribution in [0, 0.1) is 0 Å². The summed E-state index contributed by atoms with van der Waals surface area (Å²) in [5.74, 6) is 0. The number of aromatic nitrogens is 1. The standard InChI is InChI=1S/C53H36N2/c1-3-20-39(21-4-1)53(46-28-12-9-24-42(46)43-25-10-13-29-47(43)53)48-30-14-16-32-50(48)54(40-22-5-2-6-23-40)51-33-17-27-45-44-26-11-15-31-49(44)55(52(45)51)41-35-34-37-18-7-8-19-38(37)36-41/h1-5,7-22,24-33,36H,34-35H2. The molecular weight excluding hydrogens is 665 g/mol. The van der Waals surface area contributed by atoms with E-state index < -0.39 is 5.41 Å². The minimum atomic E-state index is -0.585. The fourth-order valence-electron chi connectivity index (χ4n) is 9.60. The maximum absolute atomic E-state index is 3.56. The van der Waals surface area contributed by atoms with Crippen LogP contribution in [-0.4, -0.2) is 4.57 Å². The van der Waals surface area contributed by atoms with Crippen LogP contribution in [0.15, 0.2) is 205 Å². The van der Waals surface area contributed by atoms with Gasteiger partial charge in [-0.2, -0.15) is 0 Å². The second-order valence-electron chi connectivity index (χ2n) is 14.6. The number of nitrogens with zero attached hydrogens (tertiary/aromatic N) is 2. The van der Waals surface area contributed by atoms with Gasteiger partial charge in [-0.1, -0.05) is 163 Å². The molecule has 11 rings (SSSR count). The van der Waals surface area contributed by atoms with E-state index in [0.29, 0.717) is 0 Å². The number of benzene rings is 7. The van der Waals surface area contributed by atoms with Crippen LogP contribution < -0.4 is 4.90 Å². The molecule has 0 N–H and O–H groups in total. The maximum Gasteiger partial charge on any atom is 0.0974 e. The Kier molecular flexibility index (Phi) is 7.15. The third-order valence-corrected chi connectivity index (χ3v) is 11.8. The molecular formula is C53H36N2. The molecule has 0 bridgehead atoms. The van der Waals surface area contributed by atoms with E-state index in [9.17, 15) is 0 Å². The second kappa shape index (κ2) is 12.5. The van der Waals surface area contributed by atoms with Gasteiger partial charge < -0.3 is 9.47 Å². The molecule has 0 amide bonds. The molecule has 0 spiro atoms. The number of hydrogen-bond acceptors (Lipinski definition) is 1. The smallest absolute Gasteiger partial charge is 0.0974 e. The first-order chi connectivity index (χ1) is 27.3. The van der Waals surface area contributed by atoms with Gasteiger partial charge in [-0.05, 0) is 99.5 Å². The van der Waals surface area contributed by atoms with Gasteiger partial charge in [0.05, 0.1) is 33.5 Å². The van der Waals surface area contributed by atoms with Crippen LogP contribution in [0.4, 0.5) is 11.4 Å². The zero-order valence-electron chi connectivity index (χ0n) is 30.3. The van der Waals surface area contributed by atoms with E-state index in [1.165, 1.54) is 72.0 Å². The molecule has 3 aliphatic rings. The number of para-hydroxylation sites is 3. The molecule has 1 aromatic heterocycles. The van der Waals surface area contributed by atoms with Crippen LogP contribution in [0.2, 0.25) is 0 Å². The molecule has 0 atom stereocenters. The molecule has 0 unspecified atom stereocenters. The predicted octanol–water partition coefficient (Wildman–Crippen LogP) is 13.0. The van der Waals surface area contributed by atoms with Crippen LogP contribution in [0.1, 0.15) is 39.8 Å². The van der Waals surface area contributed by atoms with Crippen molar-refractivity contribution in [3.05, 3.63) is 239 Å². The van der Waals surface area contributed by atoms with Crippen LogP contribution in [-0.2, 0) is 11.8 Å². The van der Waals surface area contributed by atoms with Crippen molar-refractivity contribution in [1.82, 2.24) is 4.57 Å². The van der Waals surface area contributed by atoms with Crippen LogP contribution in [0.5, 0.6) is 0 Å². The summed E-state index contributed by atoms with van der Waals surface area (Å²) in [6, 6.07) is 62.5. The molecule has 258 valence electrons. The summed E-state index contributed by atoms with van der Waals surface area (Å²) < 4.78 is 2.53. The van der Waals surface area contributed by atoms with Gasteiger partial charge in [0.1, 0.15) is 0 Å². The molecule has 55 heavy (non-hydrogen) atoms. The number of allylic oxidation sites excluding steroid dienone is 4. The van der Waals surface area contributed by atoms with E-state index >= 15 is 0 Å². The highest BCUT2D eigenvalue weighted by Gasteiger charge is 2.47. The Morgan fingerprint density at radius 1 is 0.545 bits per heavy atom. The zero-order valence-corrected chi connectivity index (χ0v) is 30.3. The van der Waals surface area contributed by atoms with Crippen LogP contribution in [0.3, 0.4) is 0 Å². The lowest BCUT2D eigenvalue weighted by molar-refractivity contribution is 0.767. The van der Waals surface area contributed by atoms with Crippen molar-refractivity contribution < 1.29 is 0 Å². The summed E-state index contributed by atoms with van der Waals surface area (Å²) >= 11 is 0. The molecule has 3 aliphatic carbocycles. The van der Waals surface area contributed by atoms with Crippen molar-refractivity contribution in [2.75, 3.05) is 4.90 Å². The van der Waals surface area contributed by atoms with Crippen molar-refractivity contribution in [3.8, 4) is 11.1 Å². The van der Waals surface area contributed by atoms with Crippen LogP contribution in [0.25, 0.3) is 44.7 Å². The average Bonchev–Trinajstić information content (AvgIpc) is 3.76. The van der Waals surface area contributed by atoms with E-state index in [1.54, 1.807) is 0 Å². The third-order valence-electron chi connectivity index (χ3n) is 11.8. The Bertz CT molecular complexity index is 2970. The van der Waals surface area contributed by atoms with Crippen molar-refractivity contribution >= 4 is 45.0 Å². The Balaban J connectivity index is 1.26. The summed E-state index contributed by atoms with van der Waals surface area (Å²) in [4.78, 5) is 2.44. The summed E-state index contributed by atoms with van der Waals surface area (Å²) in [5.41, 5.74) is 23.4. The van der Waals surface area contributed by atoms with Crippen molar-refractivity contribution in [2.45, 2.75) is 18.3 Å². The Labute approximate surface area is 321 Å². The van der Waals surface area contributed by atoms with Gasteiger partial charge in [0, 0.05) is 16.5 Å². The summed E-state index contributed by atoms with van der Waals surface area (Å²) in [7, 11) is 0. The van der Waals surface area contributed by atoms with Crippen molar-refractivity contribution in [2.24, 2.45) is 0 Å². The summed E-state index contributed by atoms with van der Waals surface area (Å²) in [6.45, 7) is 0. The molecule has 0 saturated heterocycles. The monoisotopic (exact) mass is 700 g/mol. The Morgan fingerprint density at radius 2 is 1.20 bits per heavy atom. The van der Waals surface area contributed by atoms with Gasteiger partial charge in [0.25, 0.3) is 0 Å². The van der Waals surface area contributed by atoms with Gasteiger partial charge in [-0.3, -0.25) is 0 Å². The molecule has 0 radical (unpaired) electrons. The molecule has 1 heterocycles. The quantitative estimate of drug-likeness (QED) is 0.157. The molecule has 2 nitrogen and oxygen atoms in total. The van der Waals surface area contributed by atoms with Gasteiger partial charge in [0.15, 0.2) is 0 Å². The Morgan fingerprint density at radius 3 is 2.00 bits per heavy atom. The zero-order chi connectivity index (χ0) is 36.3. The highest BCUT2D eigenvalue weighted by atomic mass is 15.2. The highest BCUT2D eigenvalue weighted by Crippen LogP contribution is 2.58. The van der Waals surface area contributed by atoms with E-state index in [2.05, 4.69) is 209 Å². The minimum absolute atomic E-state index is 0.585. The minimum Gasteiger partial charge on any atom is -0.311 e. The topological polar surface area (TPSA) is 8.17 Å². The van der Waals surface area contributed by atoms with Gasteiger partial charge in [0.2, 0.25) is 0 Å². The first-order valence-corrected chi connectivity index (χ1v) is 19.2. The van der Waals surface area contributed by atoms with E-state index in [1.807, 2.05) is 6.08 Å². The van der Waals surface area contributed by atoms with E-state index in [0.717, 1.165) is 29.9 Å². The normalized spacial score (nSPS) is 14.7. The van der Waals surface area contributed by atoms with E-state index in [-0.39, 0.29) is 0 Å². The first-order valence-electron chi connectivity index (χ1n) is 19.2. The van der Waals surface area contributed by atoms with Gasteiger partial charge in [-0.15, -0.1) is 0 Å². The maximum atomic E-state index is 3.56. The molecule has 7 aromatic carbocycles.